The van der Waals surface area contributed by atoms with Crippen LogP contribution in [0.4, 0.5) is 5.82 Å². The Kier molecular flexibility index (Phi) is 10.7. The summed E-state index contributed by atoms with van der Waals surface area (Å²) in [7, 11) is 0. The van der Waals surface area contributed by atoms with E-state index >= 15 is 0 Å². The highest BCUT2D eigenvalue weighted by molar-refractivity contribution is 8.07. The number of fused-ring (bicyclic) bond motifs is 1. The van der Waals surface area contributed by atoms with Crippen LogP contribution in [-0.4, -0.2) is 115 Å². The summed E-state index contributed by atoms with van der Waals surface area (Å²) in [5.74, 6) is 0.0448. The molecule has 0 saturated carbocycles. The first kappa shape index (κ1) is 33.6. The monoisotopic (exact) mass is 701 g/mol. The summed E-state index contributed by atoms with van der Waals surface area (Å²) in [5, 5.41) is 20.0. The van der Waals surface area contributed by atoms with Crippen molar-refractivity contribution in [1.82, 2.24) is 19.5 Å². The molecular weight excluding hydrogens is 675 g/mol. The molecule has 2 fully saturated rings. The van der Waals surface area contributed by atoms with E-state index < -0.39 is 88.9 Å². The lowest BCUT2D eigenvalue weighted by molar-refractivity contribution is -0.272. The minimum absolute atomic E-state index is 0.0448. The Morgan fingerprint density at radius 2 is 1.44 bits per heavy atom. The lowest BCUT2D eigenvalue weighted by atomic mass is 10.0. The molecule has 1 unspecified atom stereocenters. The summed E-state index contributed by atoms with van der Waals surface area (Å²) in [4.78, 5) is 71.0. The van der Waals surface area contributed by atoms with Crippen LogP contribution in [0.1, 0.15) is 12.6 Å². The van der Waals surface area contributed by atoms with Gasteiger partial charge in [-0.3, -0.25) is 13.6 Å². The molecule has 2 aromatic heterocycles. The summed E-state index contributed by atoms with van der Waals surface area (Å²) >= 11 is 13.7. The predicted octanol–water partition coefficient (Wildman–Crippen LogP) is -2.43. The second kappa shape index (κ2) is 13.0. The zero-order valence-electron chi connectivity index (χ0n) is 20.4. The third kappa shape index (κ3) is 8.47. The Bertz CT molecular complexity index is 1370. The number of aliphatic hydroxyl groups is 2. The summed E-state index contributed by atoms with van der Waals surface area (Å²) in [6, 6.07) is 0. The highest BCUT2D eigenvalue weighted by Gasteiger charge is 2.52. The Morgan fingerprint density at radius 3 is 2.02 bits per heavy atom. The summed E-state index contributed by atoms with van der Waals surface area (Å²) in [6.07, 6.45) is -9.13. The van der Waals surface area contributed by atoms with E-state index in [1.54, 1.807) is 0 Å². The van der Waals surface area contributed by atoms with Crippen LogP contribution in [0.25, 0.3) is 11.2 Å². The number of hydrogen-bond donors (Lipinski definition) is 9. The van der Waals surface area contributed by atoms with E-state index in [1.165, 1.54) is 10.9 Å². The van der Waals surface area contributed by atoms with Gasteiger partial charge in [0.05, 0.1) is 19.5 Å². The number of aliphatic hydroxyl groups excluding tert-OH is 2. The maximum absolute atomic E-state index is 10.1. The highest BCUT2D eigenvalue weighted by Crippen LogP contribution is 2.49. The molecular formula is C16H26N5O14P3S3. The van der Waals surface area contributed by atoms with E-state index in [0.29, 0.717) is 0 Å². The molecule has 25 heteroatoms. The fraction of sp³-hybridized carbons (Fsp3) is 0.688. The second-order valence-electron chi connectivity index (χ2n) is 8.71. The normalized spacial score (nSPS) is 31.6. The van der Waals surface area contributed by atoms with Crippen molar-refractivity contribution in [2.24, 2.45) is 0 Å². The van der Waals surface area contributed by atoms with Crippen LogP contribution in [0, 0.1) is 0 Å². The molecule has 2 aliphatic heterocycles. The number of anilines is 1. The first-order valence-electron chi connectivity index (χ1n) is 11.3. The smallest absolute Gasteiger partial charge is 0.322 e. The van der Waals surface area contributed by atoms with Crippen LogP contribution in [0.5, 0.6) is 0 Å². The molecule has 19 nitrogen and oxygen atoms in total. The summed E-state index contributed by atoms with van der Waals surface area (Å²) < 4.78 is 34.4. The molecule has 2 aliphatic rings. The van der Waals surface area contributed by atoms with Crippen molar-refractivity contribution in [2.45, 2.75) is 55.6 Å². The van der Waals surface area contributed by atoms with E-state index in [0.717, 1.165) is 6.33 Å². The molecule has 0 spiro atoms. The van der Waals surface area contributed by atoms with Crippen molar-refractivity contribution < 1.29 is 67.4 Å². The van der Waals surface area contributed by atoms with Crippen molar-refractivity contribution in [3.63, 3.8) is 0 Å². The van der Waals surface area contributed by atoms with Crippen molar-refractivity contribution in [1.29, 1.82) is 0 Å². The molecule has 4 heterocycles. The Hall–Kier alpha value is -0.260. The lowest BCUT2D eigenvalue weighted by Crippen LogP contribution is -2.54. The third-order valence-electron chi connectivity index (χ3n) is 5.89. The average molecular weight is 702 g/mol. The van der Waals surface area contributed by atoms with Crippen molar-refractivity contribution in [2.75, 3.05) is 18.9 Å². The van der Waals surface area contributed by atoms with Crippen LogP contribution in [0.15, 0.2) is 12.7 Å². The molecule has 2 saturated heterocycles. The zero-order valence-corrected chi connectivity index (χ0v) is 25.5. The first-order valence-corrected chi connectivity index (χ1v) is 19.2. The number of rotatable bonds is 11. The van der Waals surface area contributed by atoms with Gasteiger partial charge in [-0.1, -0.05) is 0 Å². The van der Waals surface area contributed by atoms with Crippen LogP contribution < -0.4 is 5.73 Å². The van der Waals surface area contributed by atoms with Crippen molar-refractivity contribution in [3.8, 4) is 0 Å². The van der Waals surface area contributed by atoms with Gasteiger partial charge in [0.15, 0.2) is 24.0 Å². The van der Waals surface area contributed by atoms with Crippen molar-refractivity contribution >= 4 is 72.6 Å². The molecule has 0 aromatic carbocycles. The van der Waals surface area contributed by atoms with Gasteiger partial charge in [0, 0.05) is 6.42 Å². The molecule has 232 valence electrons. The minimum atomic E-state index is -4.41. The van der Waals surface area contributed by atoms with Gasteiger partial charge in [-0.05, 0) is 35.4 Å². The van der Waals surface area contributed by atoms with E-state index in [-0.39, 0.29) is 17.0 Å². The molecule has 0 radical (unpaired) electrons. The van der Waals surface area contributed by atoms with Crippen LogP contribution in [0.3, 0.4) is 0 Å². The topological polar surface area (TPSA) is 287 Å². The maximum Gasteiger partial charge on any atom is 0.322 e. The number of hydrogen-bond acceptors (Lipinski definition) is 15. The first-order chi connectivity index (χ1) is 19.0. The Balaban J connectivity index is 1.67. The van der Waals surface area contributed by atoms with Gasteiger partial charge < -0.3 is 64.0 Å². The Labute approximate surface area is 246 Å². The highest BCUT2D eigenvalue weighted by atomic mass is 32.5. The second-order valence-corrected chi connectivity index (χ2v) is 16.6. The van der Waals surface area contributed by atoms with E-state index in [2.05, 4.69) is 50.4 Å². The van der Waals surface area contributed by atoms with E-state index in [9.17, 15) is 39.6 Å². The molecule has 0 amide bonds. The van der Waals surface area contributed by atoms with Gasteiger partial charge in [-0.15, -0.1) is 0 Å². The van der Waals surface area contributed by atoms with Crippen LogP contribution in [0.2, 0.25) is 0 Å². The molecule has 0 bridgehead atoms. The van der Waals surface area contributed by atoms with Gasteiger partial charge in [0.25, 0.3) is 0 Å². The fourth-order valence-corrected chi connectivity index (χ4v) is 7.06. The SMILES string of the molecule is Nc1ncnc2c1ncn2[C@@H]1O[C@H](CO)C(O[C@@H]2C[C@@H](OP(O)(O)=S)[C@H](OP(O)(O)=S)[C@@H](CO)O2)[C@H]1OP(O)(O)=S. The standard InChI is InChI=1S/C16H26N5O14P3S3/c17-14-10-15(19-4-18-14)21(5-20-10)16-13(35-38(28,29)41)12(8(3-23)31-16)32-9-1-6(33-36(24,25)39)11(7(2-22)30-9)34-37(26,27)40/h4-9,11-13,16,22-23H,1-3H2,(H2,17,18,19)(H2,24,25,39)(H2,26,27,40)(H2,28,29,41)/t6-,7-,8-,9-,11+,12?,13-,16-/m1/s1. The van der Waals surface area contributed by atoms with Gasteiger partial charge >= 0.3 is 20.2 Å². The quantitative estimate of drug-likeness (QED) is 0.110. The van der Waals surface area contributed by atoms with Gasteiger partial charge in [-0.25, -0.2) is 15.0 Å². The van der Waals surface area contributed by atoms with Gasteiger partial charge in [-0.2, -0.15) is 0 Å². The minimum Gasteiger partial charge on any atom is -0.394 e. The van der Waals surface area contributed by atoms with Crippen LogP contribution in [-0.2, 0) is 63.2 Å². The van der Waals surface area contributed by atoms with Crippen LogP contribution >= 0.6 is 20.2 Å². The number of nitrogens with zero attached hydrogens (tertiary/aromatic N) is 4. The largest absolute Gasteiger partial charge is 0.394 e. The third-order valence-corrected chi connectivity index (χ3v) is 8.25. The summed E-state index contributed by atoms with van der Waals surface area (Å²) in [5.41, 5.74) is 6.21. The van der Waals surface area contributed by atoms with Gasteiger partial charge in [0.1, 0.15) is 48.5 Å². The number of aromatic nitrogens is 4. The predicted molar refractivity (Wildman–Crippen MR) is 147 cm³/mol. The molecule has 41 heavy (non-hydrogen) atoms. The molecule has 0 aliphatic carbocycles. The lowest BCUT2D eigenvalue weighted by Gasteiger charge is -2.42. The van der Waals surface area contributed by atoms with E-state index in [1.807, 2.05) is 0 Å². The summed E-state index contributed by atoms with van der Waals surface area (Å²) in [6.45, 7) is -14.7. The van der Waals surface area contributed by atoms with Gasteiger partial charge in [0.2, 0.25) is 0 Å². The fourth-order valence-electron chi connectivity index (χ4n) is 4.45. The number of nitrogen functional groups attached to an aromatic ring is 1. The van der Waals surface area contributed by atoms with Crippen molar-refractivity contribution in [3.05, 3.63) is 12.7 Å². The average Bonchev–Trinajstić information content (AvgIpc) is 3.40. The number of nitrogens with two attached hydrogens (primary N) is 1. The zero-order chi connectivity index (χ0) is 30.3. The molecule has 4 rings (SSSR count). The number of ether oxygens (including phenoxy) is 3. The Morgan fingerprint density at radius 1 is 0.854 bits per heavy atom. The molecule has 2 aromatic rings. The molecule has 8 atom stereocenters. The molecule has 10 N–H and O–H groups in total. The number of imidazole rings is 1. The van der Waals surface area contributed by atoms with E-state index in [4.69, 9.17) is 33.5 Å². The maximum atomic E-state index is 10.1.